The number of hydrogen-bond acceptors (Lipinski definition) is 3. The number of carboxylic acid groups (broad SMARTS) is 1. The van der Waals surface area contributed by atoms with Gasteiger partial charge in [0.05, 0.1) is 23.0 Å². The van der Waals surface area contributed by atoms with Crippen LogP contribution in [0, 0.1) is 5.41 Å². The van der Waals surface area contributed by atoms with Gasteiger partial charge in [0.2, 0.25) is 5.91 Å². The van der Waals surface area contributed by atoms with E-state index in [1.165, 1.54) is 0 Å². The minimum Gasteiger partial charge on any atom is -0.491 e. The molecule has 0 aliphatic carbocycles. The molecule has 25 heavy (non-hydrogen) atoms. The Kier molecular flexibility index (Phi) is 6.11. The molecule has 2 N–H and O–H groups in total. The van der Waals surface area contributed by atoms with E-state index in [2.05, 4.69) is 5.32 Å². The van der Waals surface area contributed by atoms with Crippen molar-refractivity contribution in [3.63, 3.8) is 0 Å². The molecule has 0 saturated carbocycles. The zero-order valence-electron chi connectivity index (χ0n) is 14.2. The van der Waals surface area contributed by atoms with Crippen molar-refractivity contribution in [1.82, 2.24) is 10.2 Å². The molecule has 0 spiro atoms. The van der Waals surface area contributed by atoms with Gasteiger partial charge in [0, 0.05) is 6.54 Å². The number of likely N-dealkylation sites (tertiary alicyclic amines) is 1. The highest BCUT2D eigenvalue weighted by Crippen LogP contribution is 2.26. The summed E-state index contributed by atoms with van der Waals surface area (Å²) in [5.74, 6) is 0.124. The van der Waals surface area contributed by atoms with Gasteiger partial charge in [-0.2, -0.15) is 0 Å². The molecule has 0 bridgehead atoms. The summed E-state index contributed by atoms with van der Waals surface area (Å²) in [4.78, 5) is 24.4. The molecule has 138 valence electrons. The van der Waals surface area contributed by atoms with Crippen molar-refractivity contribution in [3.8, 4) is 5.75 Å². The van der Waals surface area contributed by atoms with Crippen LogP contribution < -0.4 is 10.1 Å². The number of nitrogens with one attached hydrogen (secondary N) is 1. The molecule has 1 aliphatic heterocycles. The SMILES string of the molecule is CC(C)(COc1ccccc1Cl)C(=O)NC1CCN(C(=O)O)CC1F. The third-order valence-corrected chi connectivity index (χ3v) is 4.48. The van der Waals surface area contributed by atoms with Gasteiger partial charge in [0.25, 0.3) is 0 Å². The number of ether oxygens (including phenoxy) is 1. The Morgan fingerprint density at radius 2 is 2.12 bits per heavy atom. The molecule has 2 rings (SSSR count). The molecule has 2 amide bonds. The van der Waals surface area contributed by atoms with E-state index in [4.69, 9.17) is 21.4 Å². The standard InChI is InChI=1S/C17H22ClFN2O4/c1-17(2,10-25-14-6-4-3-5-11(14)18)15(22)20-13-7-8-21(16(23)24)9-12(13)19/h3-6,12-13H,7-10H2,1-2H3,(H,20,22)(H,23,24). The summed E-state index contributed by atoms with van der Waals surface area (Å²) in [6.45, 7) is 3.42. The monoisotopic (exact) mass is 372 g/mol. The average Bonchev–Trinajstić information content (AvgIpc) is 2.55. The Hall–Kier alpha value is -2.02. The number of nitrogens with zero attached hydrogens (tertiary/aromatic N) is 1. The fourth-order valence-electron chi connectivity index (χ4n) is 2.49. The zero-order chi connectivity index (χ0) is 18.6. The topological polar surface area (TPSA) is 78.9 Å². The van der Waals surface area contributed by atoms with E-state index in [1.807, 2.05) is 0 Å². The Bertz CT molecular complexity index is 641. The van der Waals surface area contributed by atoms with Gasteiger partial charge in [-0.25, -0.2) is 9.18 Å². The highest BCUT2D eigenvalue weighted by molar-refractivity contribution is 6.32. The number of para-hydroxylation sites is 1. The van der Waals surface area contributed by atoms with Crippen LogP contribution in [-0.2, 0) is 4.79 Å². The number of carbonyl (C=O) groups excluding carboxylic acids is 1. The fraction of sp³-hybridized carbons (Fsp3) is 0.529. The molecular formula is C17H22ClFN2O4. The van der Waals surface area contributed by atoms with Gasteiger partial charge < -0.3 is 20.1 Å². The second kappa shape index (κ2) is 7.91. The molecule has 8 heteroatoms. The van der Waals surface area contributed by atoms with Crippen molar-refractivity contribution in [2.75, 3.05) is 19.7 Å². The molecule has 6 nitrogen and oxygen atoms in total. The van der Waals surface area contributed by atoms with Crippen molar-refractivity contribution >= 4 is 23.6 Å². The molecule has 2 atom stereocenters. The summed E-state index contributed by atoms with van der Waals surface area (Å²) in [5, 5.41) is 12.0. The molecule has 1 aromatic carbocycles. The Morgan fingerprint density at radius 3 is 2.72 bits per heavy atom. The molecular weight excluding hydrogens is 351 g/mol. The second-order valence-corrected chi connectivity index (χ2v) is 7.12. The summed E-state index contributed by atoms with van der Waals surface area (Å²) in [6.07, 6.45) is -2.35. The highest BCUT2D eigenvalue weighted by atomic mass is 35.5. The highest BCUT2D eigenvalue weighted by Gasteiger charge is 2.36. The van der Waals surface area contributed by atoms with E-state index in [9.17, 15) is 14.0 Å². The predicted molar refractivity (Wildman–Crippen MR) is 91.8 cm³/mol. The second-order valence-electron chi connectivity index (χ2n) is 6.72. The van der Waals surface area contributed by atoms with Gasteiger partial charge in [0.15, 0.2) is 0 Å². The van der Waals surface area contributed by atoms with Crippen molar-refractivity contribution in [1.29, 1.82) is 0 Å². The number of benzene rings is 1. The summed E-state index contributed by atoms with van der Waals surface area (Å²) in [6, 6.07) is 6.24. The van der Waals surface area contributed by atoms with Gasteiger partial charge in [0.1, 0.15) is 18.5 Å². The number of carbonyl (C=O) groups is 2. The van der Waals surface area contributed by atoms with Crippen molar-refractivity contribution in [3.05, 3.63) is 29.3 Å². The van der Waals surface area contributed by atoms with Crippen LogP contribution >= 0.6 is 11.6 Å². The molecule has 1 fully saturated rings. The molecule has 2 unspecified atom stereocenters. The van der Waals surface area contributed by atoms with Crippen LogP contribution in [0.3, 0.4) is 0 Å². The normalized spacial score (nSPS) is 20.9. The van der Waals surface area contributed by atoms with Gasteiger partial charge in [-0.1, -0.05) is 23.7 Å². The van der Waals surface area contributed by atoms with Crippen molar-refractivity contribution < 1.29 is 23.8 Å². The zero-order valence-corrected chi connectivity index (χ0v) is 14.9. The van der Waals surface area contributed by atoms with Crippen LogP contribution in [0.2, 0.25) is 5.02 Å². The number of rotatable bonds is 5. The first-order valence-corrected chi connectivity index (χ1v) is 8.39. The smallest absolute Gasteiger partial charge is 0.407 e. The number of hydrogen-bond donors (Lipinski definition) is 2. The third-order valence-electron chi connectivity index (χ3n) is 4.17. The van der Waals surface area contributed by atoms with E-state index in [0.717, 1.165) is 4.90 Å². The summed E-state index contributed by atoms with van der Waals surface area (Å²) < 4.78 is 19.8. The van der Waals surface area contributed by atoms with Gasteiger partial charge in [-0.05, 0) is 32.4 Å². The van der Waals surface area contributed by atoms with Crippen molar-refractivity contribution in [2.45, 2.75) is 32.5 Å². The first-order chi connectivity index (χ1) is 11.7. The number of halogens is 2. The molecule has 1 saturated heterocycles. The lowest BCUT2D eigenvalue weighted by molar-refractivity contribution is -0.132. The first kappa shape index (κ1) is 19.3. The Labute approximate surface area is 150 Å². The van der Waals surface area contributed by atoms with Crippen molar-refractivity contribution in [2.24, 2.45) is 5.41 Å². The fourth-order valence-corrected chi connectivity index (χ4v) is 2.68. The molecule has 1 heterocycles. The van der Waals surface area contributed by atoms with Crippen LogP contribution in [0.5, 0.6) is 5.75 Å². The third kappa shape index (κ3) is 4.98. The van der Waals surface area contributed by atoms with Crippen LogP contribution in [-0.4, -0.2) is 53.9 Å². The number of piperidine rings is 1. The van der Waals surface area contributed by atoms with Gasteiger partial charge in [-0.3, -0.25) is 4.79 Å². The van der Waals surface area contributed by atoms with E-state index >= 15 is 0 Å². The van der Waals surface area contributed by atoms with Gasteiger partial charge in [-0.15, -0.1) is 0 Å². The van der Waals surface area contributed by atoms with Crippen LogP contribution in [0.1, 0.15) is 20.3 Å². The average molecular weight is 373 g/mol. The van der Waals surface area contributed by atoms with Crippen LogP contribution in [0.15, 0.2) is 24.3 Å². The lowest BCUT2D eigenvalue weighted by Gasteiger charge is -2.35. The lowest BCUT2D eigenvalue weighted by atomic mass is 9.92. The lowest BCUT2D eigenvalue weighted by Crippen LogP contribution is -2.56. The maximum Gasteiger partial charge on any atom is 0.407 e. The summed E-state index contributed by atoms with van der Waals surface area (Å²) >= 11 is 6.02. The summed E-state index contributed by atoms with van der Waals surface area (Å²) in [7, 11) is 0. The minimum absolute atomic E-state index is 0.0769. The Morgan fingerprint density at radius 1 is 1.44 bits per heavy atom. The minimum atomic E-state index is -1.44. The number of alkyl halides is 1. The maximum atomic E-state index is 14.1. The van der Waals surface area contributed by atoms with Gasteiger partial charge >= 0.3 is 6.09 Å². The molecule has 0 radical (unpaired) electrons. The molecule has 0 aromatic heterocycles. The predicted octanol–water partition coefficient (Wildman–Crippen LogP) is 2.95. The van der Waals surface area contributed by atoms with Crippen LogP contribution in [0.4, 0.5) is 9.18 Å². The summed E-state index contributed by atoms with van der Waals surface area (Å²) in [5.41, 5.74) is -0.900. The molecule has 1 aliphatic rings. The van der Waals surface area contributed by atoms with E-state index < -0.39 is 23.7 Å². The number of amides is 2. The molecule has 1 aromatic rings. The van der Waals surface area contributed by atoms with E-state index in [1.54, 1.807) is 38.1 Å². The quantitative estimate of drug-likeness (QED) is 0.832. The van der Waals surface area contributed by atoms with E-state index in [0.29, 0.717) is 10.8 Å². The van der Waals surface area contributed by atoms with E-state index in [-0.39, 0.29) is 32.0 Å². The maximum absolute atomic E-state index is 14.1. The first-order valence-electron chi connectivity index (χ1n) is 8.01. The Balaban J connectivity index is 1.90. The largest absolute Gasteiger partial charge is 0.491 e. The van der Waals surface area contributed by atoms with Crippen LogP contribution in [0.25, 0.3) is 0 Å².